The van der Waals surface area contributed by atoms with E-state index in [2.05, 4.69) is 42.5 Å². The number of nitrogens with one attached hydrogen (secondary N) is 2. The average Bonchev–Trinajstić information content (AvgIpc) is 2.38. The van der Waals surface area contributed by atoms with Crippen molar-refractivity contribution < 1.29 is 19.5 Å². The summed E-state index contributed by atoms with van der Waals surface area (Å²) in [6.07, 6.45) is 0. The van der Waals surface area contributed by atoms with Crippen molar-refractivity contribution in [3.63, 3.8) is 0 Å². The molecule has 0 bridgehead atoms. The Morgan fingerprint density at radius 1 is 1.24 bits per heavy atom. The lowest BCUT2D eigenvalue weighted by Gasteiger charge is -2.14. The van der Waals surface area contributed by atoms with Crippen molar-refractivity contribution in [3.05, 3.63) is 26.6 Å². The van der Waals surface area contributed by atoms with Crippen LogP contribution in [-0.4, -0.2) is 48.6 Å². The largest absolute Gasteiger partial charge is 0.478 e. The maximum absolute atomic E-state index is 11.7. The number of rotatable bonds is 4. The fourth-order valence-electron chi connectivity index (χ4n) is 1.34. The minimum atomic E-state index is -1.18. The van der Waals surface area contributed by atoms with E-state index in [0.717, 1.165) is 0 Å². The number of carbonyl (C=O) groups excluding carboxylic acids is 2. The van der Waals surface area contributed by atoms with Crippen LogP contribution in [0.25, 0.3) is 0 Å². The molecule has 0 radical (unpaired) electrons. The maximum atomic E-state index is 11.7. The fraction of sp³-hybridized carbons (Fsp3) is 0.250. The van der Waals surface area contributed by atoms with Gasteiger partial charge in [0.05, 0.1) is 17.8 Å². The number of amides is 3. The van der Waals surface area contributed by atoms with Crippen LogP contribution in [-0.2, 0) is 4.79 Å². The van der Waals surface area contributed by atoms with Crippen molar-refractivity contribution in [1.29, 1.82) is 0 Å². The molecular formula is C12H13Br2N3O4. The molecule has 1 aromatic carbocycles. The van der Waals surface area contributed by atoms with Gasteiger partial charge in [-0.1, -0.05) is 15.9 Å². The summed E-state index contributed by atoms with van der Waals surface area (Å²) in [6, 6.07) is 2.30. The van der Waals surface area contributed by atoms with E-state index in [0.29, 0.717) is 8.95 Å². The molecule has 1 rings (SSSR count). The predicted molar refractivity (Wildman–Crippen MR) is 84.5 cm³/mol. The first-order valence-corrected chi connectivity index (χ1v) is 7.28. The van der Waals surface area contributed by atoms with Gasteiger partial charge in [0.15, 0.2) is 0 Å². The second-order valence-electron chi connectivity index (χ2n) is 4.21. The molecule has 3 N–H and O–H groups in total. The third-order valence-corrected chi connectivity index (χ3v) is 3.51. The second-order valence-corrected chi connectivity index (χ2v) is 5.98. The standard InChI is InChI=1S/C12H13Br2N3O4/c1-17(2)9(18)5-15-12(21)16-10-7(11(19)20)3-6(13)4-8(10)14/h3-4H,5H2,1-2H3,(H,19,20)(H2,15,16,21). The van der Waals surface area contributed by atoms with Crippen LogP contribution in [0.1, 0.15) is 10.4 Å². The summed E-state index contributed by atoms with van der Waals surface area (Å²) in [5.41, 5.74) is 0.0332. The predicted octanol–water partition coefficient (Wildman–Crippen LogP) is 2.12. The Bertz CT molecular complexity index is 590. The van der Waals surface area contributed by atoms with Gasteiger partial charge >= 0.3 is 12.0 Å². The number of nitrogens with zero attached hydrogens (tertiary/aromatic N) is 1. The van der Waals surface area contributed by atoms with Gasteiger partial charge in [-0.25, -0.2) is 9.59 Å². The number of carbonyl (C=O) groups is 3. The molecule has 0 spiro atoms. The van der Waals surface area contributed by atoms with E-state index < -0.39 is 12.0 Å². The highest BCUT2D eigenvalue weighted by Gasteiger charge is 2.17. The van der Waals surface area contributed by atoms with Crippen LogP contribution in [0.5, 0.6) is 0 Å². The molecule has 0 aliphatic heterocycles. The molecule has 0 saturated heterocycles. The summed E-state index contributed by atoms with van der Waals surface area (Å²) >= 11 is 6.36. The number of urea groups is 1. The van der Waals surface area contributed by atoms with E-state index >= 15 is 0 Å². The van der Waals surface area contributed by atoms with Crippen LogP contribution in [0.15, 0.2) is 21.1 Å². The molecule has 114 valence electrons. The molecule has 0 fully saturated rings. The minimum absolute atomic E-state index is 0.0784. The number of likely N-dealkylation sites (N-methyl/N-ethyl adjacent to an activating group) is 1. The molecular weight excluding hydrogens is 410 g/mol. The highest BCUT2D eigenvalue weighted by atomic mass is 79.9. The van der Waals surface area contributed by atoms with Gasteiger partial charge in [0, 0.05) is 23.0 Å². The number of hydrogen-bond acceptors (Lipinski definition) is 3. The quantitative estimate of drug-likeness (QED) is 0.691. The summed E-state index contributed by atoms with van der Waals surface area (Å²) < 4.78 is 0.962. The van der Waals surface area contributed by atoms with Crippen molar-refractivity contribution in [3.8, 4) is 0 Å². The van der Waals surface area contributed by atoms with Gasteiger partial charge in [0.2, 0.25) is 5.91 Å². The number of anilines is 1. The lowest BCUT2D eigenvalue weighted by atomic mass is 10.2. The number of carboxylic acids is 1. The summed E-state index contributed by atoms with van der Waals surface area (Å²) in [6.45, 7) is -0.185. The van der Waals surface area contributed by atoms with Crippen LogP contribution in [0.4, 0.5) is 10.5 Å². The Hall–Kier alpha value is -1.61. The molecule has 1 aromatic rings. The van der Waals surface area contributed by atoms with Crippen molar-refractivity contribution in [2.24, 2.45) is 0 Å². The highest BCUT2D eigenvalue weighted by molar-refractivity contribution is 9.11. The molecule has 3 amide bonds. The normalized spacial score (nSPS) is 9.90. The molecule has 21 heavy (non-hydrogen) atoms. The first-order chi connectivity index (χ1) is 9.72. The van der Waals surface area contributed by atoms with E-state index in [1.165, 1.54) is 11.0 Å². The smallest absolute Gasteiger partial charge is 0.337 e. The van der Waals surface area contributed by atoms with Gasteiger partial charge in [0.25, 0.3) is 0 Å². The maximum Gasteiger partial charge on any atom is 0.337 e. The summed E-state index contributed by atoms with van der Waals surface area (Å²) in [4.78, 5) is 35.6. The third kappa shape index (κ3) is 5.01. The molecule has 0 atom stereocenters. The van der Waals surface area contributed by atoms with E-state index in [-0.39, 0.29) is 23.7 Å². The van der Waals surface area contributed by atoms with Crippen LogP contribution in [0.2, 0.25) is 0 Å². The van der Waals surface area contributed by atoms with Gasteiger partial charge < -0.3 is 20.6 Å². The van der Waals surface area contributed by atoms with Gasteiger partial charge in [-0.15, -0.1) is 0 Å². The van der Waals surface area contributed by atoms with Gasteiger partial charge in [-0.05, 0) is 28.1 Å². The Balaban J connectivity index is 2.85. The summed E-state index contributed by atoms with van der Waals surface area (Å²) in [5.74, 6) is -1.46. The molecule has 0 aromatic heterocycles. The molecule has 7 nitrogen and oxygen atoms in total. The third-order valence-electron chi connectivity index (χ3n) is 2.42. The Morgan fingerprint density at radius 2 is 1.86 bits per heavy atom. The van der Waals surface area contributed by atoms with Crippen molar-refractivity contribution in [1.82, 2.24) is 10.2 Å². The summed E-state index contributed by atoms with van der Waals surface area (Å²) in [7, 11) is 3.13. The molecule has 9 heteroatoms. The molecule has 0 aliphatic rings. The van der Waals surface area contributed by atoms with E-state index in [4.69, 9.17) is 5.11 Å². The number of hydrogen-bond donors (Lipinski definition) is 3. The Labute approximate surface area is 137 Å². The van der Waals surface area contributed by atoms with Crippen LogP contribution < -0.4 is 10.6 Å². The molecule has 0 unspecified atom stereocenters. The second kappa shape index (κ2) is 7.41. The van der Waals surface area contributed by atoms with Crippen molar-refractivity contribution in [2.45, 2.75) is 0 Å². The lowest BCUT2D eigenvalue weighted by molar-refractivity contribution is -0.127. The molecule has 0 saturated carbocycles. The molecule has 0 heterocycles. The number of carboxylic acid groups (broad SMARTS) is 1. The SMILES string of the molecule is CN(C)C(=O)CNC(=O)Nc1c(Br)cc(Br)cc1C(=O)O. The van der Waals surface area contributed by atoms with Gasteiger partial charge in [-0.3, -0.25) is 4.79 Å². The van der Waals surface area contributed by atoms with E-state index in [9.17, 15) is 14.4 Å². The topological polar surface area (TPSA) is 98.7 Å². The average molecular weight is 423 g/mol. The van der Waals surface area contributed by atoms with E-state index in [1.807, 2.05) is 0 Å². The molecule has 0 aliphatic carbocycles. The van der Waals surface area contributed by atoms with Crippen LogP contribution in [0.3, 0.4) is 0 Å². The van der Waals surface area contributed by atoms with Crippen LogP contribution >= 0.6 is 31.9 Å². The monoisotopic (exact) mass is 421 g/mol. The fourth-order valence-corrected chi connectivity index (χ4v) is 2.67. The summed E-state index contributed by atoms with van der Waals surface area (Å²) in [5, 5.41) is 13.9. The first kappa shape index (κ1) is 17.4. The Morgan fingerprint density at radius 3 is 2.38 bits per heavy atom. The van der Waals surface area contributed by atoms with Crippen LogP contribution in [0, 0.1) is 0 Å². The first-order valence-electron chi connectivity index (χ1n) is 5.69. The number of halogens is 2. The minimum Gasteiger partial charge on any atom is -0.478 e. The highest BCUT2D eigenvalue weighted by Crippen LogP contribution is 2.30. The Kier molecular flexibility index (Phi) is 6.16. The number of aromatic carboxylic acids is 1. The van der Waals surface area contributed by atoms with Gasteiger partial charge in [0.1, 0.15) is 0 Å². The van der Waals surface area contributed by atoms with Gasteiger partial charge in [-0.2, -0.15) is 0 Å². The lowest BCUT2D eigenvalue weighted by Crippen LogP contribution is -2.38. The van der Waals surface area contributed by atoms with Crippen molar-refractivity contribution >= 4 is 55.5 Å². The van der Waals surface area contributed by atoms with E-state index in [1.54, 1.807) is 20.2 Å². The number of benzene rings is 1. The zero-order valence-corrected chi connectivity index (χ0v) is 14.4. The zero-order chi connectivity index (χ0) is 16.2. The van der Waals surface area contributed by atoms with Crippen molar-refractivity contribution in [2.75, 3.05) is 26.0 Å². The zero-order valence-electron chi connectivity index (χ0n) is 11.2.